The number of hydrogen-bond donors (Lipinski definition) is 2. The van der Waals surface area contributed by atoms with Crippen LogP contribution in [0.4, 0.5) is 13.2 Å². The number of carbonyl (C=O) groups is 1. The van der Waals surface area contributed by atoms with E-state index in [2.05, 4.69) is 5.32 Å². The first kappa shape index (κ1) is 14.5. The van der Waals surface area contributed by atoms with Crippen molar-refractivity contribution >= 4 is 5.91 Å². The van der Waals surface area contributed by atoms with Gasteiger partial charge in [-0.25, -0.2) is 0 Å². The summed E-state index contributed by atoms with van der Waals surface area (Å²) in [4.78, 5) is 11.3. The maximum absolute atomic E-state index is 12.7. The topological polar surface area (TPSA) is 55.1 Å². The number of halogens is 3. The van der Waals surface area contributed by atoms with Gasteiger partial charge in [-0.15, -0.1) is 0 Å². The molecule has 0 aromatic heterocycles. The summed E-state index contributed by atoms with van der Waals surface area (Å²) < 4.78 is 38.0. The zero-order valence-electron chi connectivity index (χ0n) is 9.76. The molecular weight excluding hydrogens is 245 g/mol. The molecule has 1 rings (SSSR count). The van der Waals surface area contributed by atoms with Gasteiger partial charge < -0.3 is 11.1 Å². The number of amides is 1. The van der Waals surface area contributed by atoms with Crippen LogP contribution in [0, 0.1) is 0 Å². The Morgan fingerprint density at radius 1 is 1.28 bits per heavy atom. The SMILES string of the molecule is NCCNC(=O)CCc1ccccc1C(F)(F)F. The van der Waals surface area contributed by atoms with E-state index in [4.69, 9.17) is 5.73 Å². The summed E-state index contributed by atoms with van der Waals surface area (Å²) in [7, 11) is 0. The Hall–Kier alpha value is -1.56. The third kappa shape index (κ3) is 4.37. The van der Waals surface area contributed by atoms with E-state index < -0.39 is 11.7 Å². The van der Waals surface area contributed by atoms with Crippen LogP contribution in [0.2, 0.25) is 0 Å². The van der Waals surface area contributed by atoms with E-state index in [0.717, 1.165) is 6.07 Å². The van der Waals surface area contributed by atoms with Crippen molar-refractivity contribution in [2.45, 2.75) is 19.0 Å². The molecule has 0 bridgehead atoms. The molecule has 0 saturated heterocycles. The minimum absolute atomic E-state index is 0.0209. The van der Waals surface area contributed by atoms with Crippen molar-refractivity contribution < 1.29 is 18.0 Å². The van der Waals surface area contributed by atoms with Crippen LogP contribution in [0.3, 0.4) is 0 Å². The smallest absolute Gasteiger partial charge is 0.355 e. The quantitative estimate of drug-likeness (QED) is 0.846. The summed E-state index contributed by atoms with van der Waals surface area (Å²) in [5.74, 6) is -0.294. The third-order valence-corrected chi connectivity index (χ3v) is 2.41. The van der Waals surface area contributed by atoms with E-state index in [1.54, 1.807) is 0 Å². The number of nitrogens with two attached hydrogens (primary N) is 1. The molecule has 0 heterocycles. The van der Waals surface area contributed by atoms with Crippen LogP contribution in [0.25, 0.3) is 0 Å². The summed E-state index contributed by atoms with van der Waals surface area (Å²) in [6.07, 6.45) is -4.30. The number of hydrogen-bond acceptors (Lipinski definition) is 2. The molecule has 1 aromatic rings. The monoisotopic (exact) mass is 260 g/mol. The lowest BCUT2D eigenvalue weighted by Crippen LogP contribution is -2.29. The normalized spacial score (nSPS) is 11.3. The minimum Gasteiger partial charge on any atom is -0.355 e. The van der Waals surface area contributed by atoms with Gasteiger partial charge in [-0.2, -0.15) is 13.2 Å². The van der Waals surface area contributed by atoms with Crippen LogP contribution in [0.5, 0.6) is 0 Å². The Labute approximate surface area is 103 Å². The maximum atomic E-state index is 12.7. The first-order valence-electron chi connectivity index (χ1n) is 5.57. The third-order valence-electron chi connectivity index (χ3n) is 2.41. The molecule has 0 spiro atoms. The predicted octanol–water partition coefficient (Wildman–Crippen LogP) is 1.71. The second-order valence-electron chi connectivity index (χ2n) is 3.79. The van der Waals surface area contributed by atoms with Crippen molar-refractivity contribution in [1.82, 2.24) is 5.32 Å². The van der Waals surface area contributed by atoms with Gasteiger partial charge in [0.25, 0.3) is 0 Å². The van der Waals surface area contributed by atoms with Crippen LogP contribution >= 0.6 is 0 Å². The lowest BCUT2D eigenvalue weighted by atomic mass is 10.0. The number of carbonyl (C=O) groups excluding carboxylic acids is 1. The standard InChI is InChI=1S/C12H15F3N2O/c13-12(14,15)10-4-2-1-3-9(10)5-6-11(18)17-8-7-16/h1-4H,5-8,16H2,(H,17,18). The molecule has 0 atom stereocenters. The van der Waals surface area contributed by atoms with Crippen LogP contribution in [0.15, 0.2) is 24.3 Å². The summed E-state index contributed by atoms with van der Waals surface area (Å²) in [5.41, 5.74) is 4.65. The molecule has 1 aromatic carbocycles. The highest BCUT2D eigenvalue weighted by Crippen LogP contribution is 2.32. The molecule has 1 amide bonds. The molecule has 100 valence electrons. The van der Waals surface area contributed by atoms with E-state index in [1.807, 2.05) is 0 Å². The number of aryl methyl sites for hydroxylation is 1. The molecule has 3 N–H and O–H groups in total. The molecule has 0 radical (unpaired) electrons. The fraction of sp³-hybridized carbons (Fsp3) is 0.417. The lowest BCUT2D eigenvalue weighted by Gasteiger charge is -2.12. The van der Waals surface area contributed by atoms with Crippen LogP contribution in [-0.2, 0) is 17.4 Å². The highest BCUT2D eigenvalue weighted by Gasteiger charge is 2.32. The van der Waals surface area contributed by atoms with E-state index in [-0.39, 0.29) is 24.3 Å². The van der Waals surface area contributed by atoms with Gasteiger partial charge in [0.15, 0.2) is 0 Å². The van der Waals surface area contributed by atoms with Gasteiger partial charge in [0.1, 0.15) is 0 Å². The Morgan fingerprint density at radius 3 is 2.56 bits per heavy atom. The average Bonchev–Trinajstić information content (AvgIpc) is 2.33. The van der Waals surface area contributed by atoms with E-state index in [0.29, 0.717) is 13.1 Å². The molecule has 18 heavy (non-hydrogen) atoms. The Balaban J connectivity index is 2.65. The Morgan fingerprint density at radius 2 is 1.94 bits per heavy atom. The number of alkyl halides is 3. The fourth-order valence-corrected chi connectivity index (χ4v) is 1.56. The molecule has 0 aliphatic heterocycles. The number of rotatable bonds is 5. The van der Waals surface area contributed by atoms with Crippen molar-refractivity contribution in [2.75, 3.05) is 13.1 Å². The van der Waals surface area contributed by atoms with Gasteiger partial charge in [-0.05, 0) is 18.1 Å². The molecule has 0 fully saturated rings. The number of benzene rings is 1. The minimum atomic E-state index is -4.38. The molecule has 3 nitrogen and oxygen atoms in total. The molecule has 0 aliphatic carbocycles. The van der Waals surface area contributed by atoms with Gasteiger partial charge in [0.2, 0.25) is 5.91 Å². The van der Waals surface area contributed by atoms with Crippen LogP contribution in [-0.4, -0.2) is 19.0 Å². The summed E-state index contributed by atoms with van der Waals surface area (Å²) in [5, 5.41) is 2.52. The second-order valence-corrected chi connectivity index (χ2v) is 3.79. The first-order chi connectivity index (χ1) is 8.45. The largest absolute Gasteiger partial charge is 0.416 e. The van der Waals surface area contributed by atoms with E-state index >= 15 is 0 Å². The van der Waals surface area contributed by atoms with Crippen molar-refractivity contribution in [2.24, 2.45) is 5.73 Å². The summed E-state index contributed by atoms with van der Waals surface area (Å²) in [6.45, 7) is 0.643. The van der Waals surface area contributed by atoms with Crippen LogP contribution < -0.4 is 11.1 Å². The van der Waals surface area contributed by atoms with Gasteiger partial charge in [0.05, 0.1) is 5.56 Å². The zero-order chi connectivity index (χ0) is 13.6. The van der Waals surface area contributed by atoms with E-state index in [9.17, 15) is 18.0 Å². The first-order valence-corrected chi connectivity index (χ1v) is 5.57. The van der Waals surface area contributed by atoms with Crippen LogP contribution in [0.1, 0.15) is 17.5 Å². The fourth-order valence-electron chi connectivity index (χ4n) is 1.56. The van der Waals surface area contributed by atoms with Gasteiger partial charge in [-0.1, -0.05) is 18.2 Å². The van der Waals surface area contributed by atoms with Crippen molar-refractivity contribution in [1.29, 1.82) is 0 Å². The van der Waals surface area contributed by atoms with Crippen molar-refractivity contribution in [3.8, 4) is 0 Å². The molecule has 0 unspecified atom stereocenters. The number of nitrogens with one attached hydrogen (secondary N) is 1. The van der Waals surface area contributed by atoms with Gasteiger partial charge >= 0.3 is 6.18 Å². The Bertz CT molecular complexity index is 405. The molecule has 6 heteroatoms. The van der Waals surface area contributed by atoms with Gasteiger partial charge in [0, 0.05) is 19.5 Å². The average molecular weight is 260 g/mol. The predicted molar refractivity (Wildman–Crippen MR) is 61.8 cm³/mol. The molecular formula is C12H15F3N2O. The summed E-state index contributed by atoms with van der Waals surface area (Å²) >= 11 is 0. The summed E-state index contributed by atoms with van der Waals surface area (Å²) in [6, 6.07) is 5.27. The molecule has 0 aliphatic rings. The maximum Gasteiger partial charge on any atom is 0.416 e. The van der Waals surface area contributed by atoms with Crippen molar-refractivity contribution in [3.63, 3.8) is 0 Å². The second kappa shape index (κ2) is 6.39. The molecule has 0 saturated carbocycles. The highest BCUT2D eigenvalue weighted by atomic mass is 19.4. The van der Waals surface area contributed by atoms with Crippen molar-refractivity contribution in [3.05, 3.63) is 35.4 Å². The Kier molecular flexibility index (Phi) is 5.15. The van der Waals surface area contributed by atoms with E-state index in [1.165, 1.54) is 18.2 Å². The van der Waals surface area contributed by atoms with Gasteiger partial charge in [-0.3, -0.25) is 4.79 Å². The lowest BCUT2D eigenvalue weighted by molar-refractivity contribution is -0.138. The highest BCUT2D eigenvalue weighted by molar-refractivity contribution is 5.76. The zero-order valence-corrected chi connectivity index (χ0v) is 9.76.